The molecule has 1 fully saturated rings. The maximum Gasteiger partial charge on any atom is 0.331 e. The molecule has 0 aromatic carbocycles. The Bertz CT molecular complexity index is 514. The first-order chi connectivity index (χ1) is 10.0. The molecule has 1 aliphatic rings. The van der Waals surface area contributed by atoms with Crippen molar-refractivity contribution in [2.45, 2.75) is 38.3 Å². The maximum atomic E-state index is 12.3. The van der Waals surface area contributed by atoms with Gasteiger partial charge in [-0.15, -0.1) is 0 Å². The fourth-order valence-electron chi connectivity index (χ4n) is 2.69. The number of hydrogen-bond acceptors (Lipinski definition) is 4. The highest BCUT2D eigenvalue weighted by Gasteiger charge is 2.30. The lowest BCUT2D eigenvalue weighted by Gasteiger charge is -2.29. The summed E-state index contributed by atoms with van der Waals surface area (Å²) in [5, 5.41) is 19.0. The Kier molecular flexibility index (Phi) is 4.95. The molecular formula is C14H22N4O3. The molecule has 1 aromatic heterocycles. The van der Waals surface area contributed by atoms with Crippen molar-refractivity contribution in [3.8, 4) is 0 Å². The molecule has 0 spiro atoms. The van der Waals surface area contributed by atoms with E-state index in [0.717, 1.165) is 25.8 Å². The van der Waals surface area contributed by atoms with E-state index >= 15 is 0 Å². The molecular weight excluding hydrogens is 272 g/mol. The third kappa shape index (κ3) is 3.81. The Morgan fingerprint density at radius 1 is 1.62 bits per heavy atom. The van der Waals surface area contributed by atoms with Crippen molar-refractivity contribution < 1.29 is 14.7 Å². The number of nitrogens with zero attached hydrogens (tertiary/aromatic N) is 2. The van der Waals surface area contributed by atoms with E-state index in [-0.39, 0.29) is 11.9 Å². The number of carbonyl (C=O) groups is 2. The normalized spacial score (nSPS) is 23.5. The lowest BCUT2D eigenvalue weighted by molar-refractivity contribution is -0.142. The molecule has 7 nitrogen and oxygen atoms in total. The van der Waals surface area contributed by atoms with Gasteiger partial charge in [-0.3, -0.25) is 9.48 Å². The van der Waals surface area contributed by atoms with Crippen molar-refractivity contribution in [1.82, 2.24) is 20.4 Å². The van der Waals surface area contributed by atoms with E-state index in [4.69, 9.17) is 0 Å². The van der Waals surface area contributed by atoms with Gasteiger partial charge < -0.3 is 15.7 Å². The summed E-state index contributed by atoms with van der Waals surface area (Å²) in [4.78, 5) is 23.7. The third-order valence-electron chi connectivity index (χ3n) is 4.00. The van der Waals surface area contributed by atoms with Crippen molar-refractivity contribution >= 4 is 11.9 Å². The molecule has 7 heteroatoms. The van der Waals surface area contributed by atoms with Crippen molar-refractivity contribution in [3.63, 3.8) is 0 Å². The van der Waals surface area contributed by atoms with Crippen molar-refractivity contribution in [3.05, 3.63) is 18.0 Å². The van der Waals surface area contributed by atoms with E-state index in [0.29, 0.717) is 11.5 Å². The quantitative estimate of drug-likeness (QED) is 0.732. The molecule has 21 heavy (non-hydrogen) atoms. The summed E-state index contributed by atoms with van der Waals surface area (Å²) in [7, 11) is 1.71. The lowest BCUT2D eigenvalue weighted by atomic mass is 9.90. The maximum absolute atomic E-state index is 12.3. The van der Waals surface area contributed by atoms with Gasteiger partial charge in [0.1, 0.15) is 0 Å². The largest absolute Gasteiger partial charge is 0.479 e. The van der Waals surface area contributed by atoms with E-state index in [2.05, 4.69) is 22.7 Å². The van der Waals surface area contributed by atoms with Gasteiger partial charge in [0.2, 0.25) is 5.91 Å². The number of hydrogen-bond donors (Lipinski definition) is 3. The number of carboxylic acid groups (broad SMARTS) is 1. The molecule has 1 aliphatic heterocycles. The fourth-order valence-corrected chi connectivity index (χ4v) is 2.69. The predicted molar refractivity (Wildman–Crippen MR) is 76.5 cm³/mol. The van der Waals surface area contributed by atoms with Crippen LogP contribution in [0.5, 0.6) is 0 Å². The van der Waals surface area contributed by atoms with E-state index in [1.807, 2.05) is 0 Å². The minimum atomic E-state index is -1.08. The molecule has 2 heterocycles. The minimum absolute atomic E-state index is 0.260. The molecule has 1 amide bonds. The topological polar surface area (TPSA) is 96.2 Å². The predicted octanol–water partition coefficient (Wildman–Crippen LogP) is 0.440. The number of aryl methyl sites for hydroxylation is 1. The average molecular weight is 294 g/mol. The van der Waals surface area contributed by atoms with Gasteiger partial charge in [0.25, 0.3) is 0 Å². The number of aliphatic carboxylic acids is 1. The highest BCUT2D eigenvalue weighted by Crippen LogP contribution is 2.20. The van der Waals surface area contributed by atoms with E-state index in [9.17, 15) is 14.7 Å². The third-order valence-corrected chi connectivity index (χ3v) is 4.00. The minimum Gasteiger partial charge on any atom is -0.479 e. The molecule has 0 saturated carbocycles. The molecule has 0 radical (unpaired) electrons. The highest BCUT2D eigenvalue weighted by molar-refractivity contribution is 5.87. The summed E-state index contributed by atoms with van der Waals surface area (Å²) in [5.41, 5.74) is 0.473. The van der Waals surface area contributed by atoms with Crippen LogP contribution < -0.4 is 10.6 Å². The summed E-state index contributed by atoms with van der Waals surface area (Å²) in [6.45, 7) is 2.90. The van der Waals surface area contributed by atoms with Gasteiger partial charge in [-0.1, -0.05) is 13.3 Å². The Hall–Kier alpha value is -1.89. The van der Waals surface area contributed by atoms with Gasteiger partial charge in [-0.25, -0.2) is 4.79 Å². The van der Waals surface area contributed by atoms with Gasteiger partial charge in [0.15, 0.2) is 6.04 Å². The number of aromatic nitrogens is 2. The van der Waals surface area contributed by atoms with Crippen molar-refractivity contribution in [2.75, 3.05) is 6.54 Å². The second-order valence-corrected chi connectivity index (χ2v) is 5.53. The number of nitrogens with one attached hydrogen (secondary N) is 2. The van der Waals surface area contributed by atoms with Gasteiger partial charge >= 0.3 is 5.97 Å². The van der Waals surface area contributed by atoms with Crippen LogP contribution in [0.1, 0.15) is 37.8 Å². The monoisotopic (exact) mass is 294 g/mol. The first-order valence-electron chi connectivity index (χ1n) is 7.26. The zero-order valence-corrected chi connectivity index (χ0v) is 12.4. The van der Waals surface area contributed by atoms with Crippen LogP contribution in [0.4, 0.5) is 0 Å². The Morgan fingerprint density at radius 2 is 2.38 bits per heavy atom. The van der Waals surface area contributed by atoms with E-state index < -0.39 is 12.0 Å². The summed E-state index contributed by atoms with van der Waals surface area (Å²) in [6.07, 6.45) is 5.91. The smallest absolute Gasteiger partial charge is 0.331 e. The number of amides is 1. The highest BCUT2D eigenvalue weighted by atomic mass is 16.4. The van der Waals surface area contributed by atoms with Gasteiger partial charge in [0.05, 0.1) is 12.2 Å². The molecule has 3 atom stereocenters. The first kappa shape index (κ1) is 15.5. The second kappa shape index (κ2) is 6.71. The van der Waals surface area contributed by atoms with Crippen molar-refractivity contribution in [2.24, 2.45) is 13.0 Å². The standard InChI is InChI=1S/C14H22N4O3/c1-3-9-4-5-15-11(6-9)13(19)17-12(14(20)21)10-7-16-18(2)8-10/h7-9,11-12,15H,3-6H2,1-2H3,(H,17,19)(H,20,21). The van der Waals surface area contributed by atoms with Crippen molar-refractivity contribution in [1.29, 1.82) is 0 Å². The van der Waals surface area contributed by atoms with Crippen LogP contribution >= 0.6 is 0 Å². The fraction of sp³-hybridized carbons (Fsp3) is 0.643. The SMILES string of the molecule is CCC1CCNC(C(=O)NC(C(=O)O)c2cnn(C)c2)C1. The van der Waals surface area contributed by atoms with Crippen LogP contribution in [-0.4, -0.2) is 39.4 Å². The molecule has 0 bridgehead atoms. The van der Waals surface area contributed by atoms with Crippen LogP contribution in [0.2, 0.25) is 0 Å². The summed E-state index contributed by atoms with van der Waals surface area (Å²) in [5.74, 6) is -0.827. The van der Waals surface area contributed by atoms with Crippen LogP contribution in [0, 0.1) is 5.92 Å². The zero-order chi connectivity index (χ0) is 15.4. The van der Waals surface area contributed by atoms with Gasteiger partial charge in [0, 0.05) is 18.8 Å². The number of rotatable bonds is 5. The number of carboxylic acids is 1. The summed E-state index contributed by atoms with van der Waals surface area (Å²) < 4.78 is 1.52. The summed E-state index contributed by atoms with van der Waals surface area (Å²) >= 11 is 0. The molecule has 3 N–H and O–H groups in total. The number of carbonyl (C=O) groups excluding carboxylic acids is 1. The van der Waals surface area contributed by atoms with Crippen LogP contribution in [0.3, 0.4) is 0 Å². The average Bonchev–Trinajstić information content (AvgIpc) is 2.90. The van der Waals surface area contributed by atoms with Gasteiger partial charge in [-0.05, 0) is 25.3 Å². The zero-order valence-electron chi connectivity index (χ0n) is 12.4. The molecule has 1 aromatic rings. The molecule has 3 unspecified atom stereocenters. The van der Waals surface area contributed by atoms with Crippen LogP contribution in [0.25, 0.3) is 0 Å². The van der Waals surface area contributed by atoms with E-state index in [1.54, 1.807) is 13.2 Å². The lowest BCUT2D eigenvalue weighted by Crippen LogP contribution is -2.50. The molecule has 2 rings (SSSR count). The van der Waals surface area contributed by atoms with E-state index in [1.165, 1.54) is 10.9 Å². The Balaban J connectivity index is 2.03. The van der Waals surface area contributed by atoms with Gasteiger partial charge in [-0.2, -0.15) is 5.10 Å². The molecule has 0 aliphatic carbocycles. The second-order valence-electron chi connectivity index (χ2n) is 5.53. The molecule has 116 valence electrons. The molecule has 1 saturated heterocycles. The van der Waals surface area contributed by atoms with Crippen LogP contribution in [-0.2, 0) is 16.6 Å². The Labute approximate surface area is 123 Å². The summed E-state index contributed by atoms with van der Waals surface area (Å²) in [6, 6.07) is -1.38. The van der Waals surface area contributed by atoms with Crippen LogP contribution in [0.15, 0.2) is 12.4 Å². The Morgan fingerprint density at radius 3 is 2.95 bits per heavy atom. The number of piperidine rings is 1. The first-order valence-corrected chi connectivity index (χ1v) is 7.26.